The van der Waals surface area contributed by atoms with Gasteiger partial charge < -0.3 is 14.4 Å². The molecule has 0 bridgehead atoms. The smallest absolute Gasteiger partial charge is 0.169 e. The van der Waals surface area contributed by atoms with Crippen molar-refractivity contribution in [2.45, 2.75) is 26.4 Å². The third kappa shape index (κ3) is 3.09. The molecule has 3 rings (SSSR count). The number of nitrogens with zero attached hydrogens (tertiary/aromatic N) is 1. The first-order chi connectivity index (χ1) is 10.8. The predicted molar refractivity (Wildman–Crippen MR) is 88.7 cm³/mol. The second-order valence-corrected chi connectivity index (χ2v) is 5.51. The molecular weight excluding hydrogens is 274 g/mol. The number of hydrogen-bond donors (Lipinski definition) is 0. The third-order valence-corrected chi connectivity index (χ3v) is 4.21. The highest BCUT2D eigenvalue weighted by Gasteiger charge is 2.24. The van der Waals surface area contributed by atoms with E-state index in [2.05, 4.69) is 24.8 Å². The Bertz CT molecular complexity index is 622. The number of fused-ring (bicyclic) bond motifs is 2. The van der Waals surface area contributed by atoms with E-state index in [-0.39, 0.29) is 6.10 Å². The van der Waals surface area contributed by atoms with Crippen LogP contribution in [0, 0.1) is 0 Å². The Kier molecular flexibility index (Phi) is 4.64. The van der Waals surface area contributed by atoms with Crippen molar-refractivity contribution in [1.82, 2.24) is 4.90 Å². The van der Waals surface area contributed by atoms with Crippen LogP contribution in [0.15, 0.2) is 48.5 Å². The van der Waals surface area contributed by atoms with Crippen LogP contribution in [0.3, 0.4) is 0 Å². The zero-order valence-electron chi connectivity index (χ0n) is 13.3. The first kappa shape index (κ1) is 14.9. The molecule has 0 aromatic heterocycles. The average molecular weight is 297 g/mol. The third-order valence-electron chi connectivity index (χ3n) is 4.21. The second kappa shape index (κ2) is 6.84. The summed E-state index contributed by atoms with van der Waals surface area (Å²) in [5, 5.41) is 0. The molecule has 3 heteroatoms. The molecule has 116 valence electrons. The van der Waals surface area contributed by atoms with Crippen LogP contribution in [0.4, 0.5) is 0 Å². The maximum atomic E-state index is 6.27. The lowest BCUT2D eigenvalue weighted by Crippen LogP contribution is -2.26. The SMILES string of the molecule is CCN(CC)CCC1Oc2ccccc2Oc2ccccc21. The van der Waals surface area contributed by atoms with E-state index in [0.29, 0.717) is 0 Å². The fraction of sp³-hybridized carbons (Fsp3) is 0.368. The van der Waals surface area contributed by atoms with E-state index >= 15 is 0 Å². The van der Waals surface area contributed by atoms with Crippen molar-refractivity contribution < 1.29 is 9.47 Å². The van der Waals surface area contributed by atoms with E-state index in [0.717, 1.165) is 48.9 Å². The summed E-state index contributed by atoms with van der Waals surface area (Å²) in [6, 6.07) is 16.1. The molecule has 2 aromatic carbocycles. The second-order valence-electron chi connectivity index (χ2n) is 5.51. The van der Waals surface area contributed by atoms with Gasteiger partial charge in [-0.1, -0.05) is 44.2 Å². The summed E-state index contributed by atoms with van der Waals surface area (Å²) in [5.41, 5.74) is 1.13. The van der Waals surface area contributed by atoms with E-state index in [9.17, 15) is 0 Å². The highest BCUT2D eigenvalue weighted by molar-refractivity contribution is 5.48. The monoisotopic (exact) mass is 297 g/mol. The van der Waals surface area contributed by atoms with Gasteiger partial charge in [-0.25, -0.2) is 0 Å². The van der Waals surface area contributed by atoms with Gasteiger partial charge >= 0.3 is 0 Å². The zero-order chi connectivity index (χ0) is 15.4. The molecular formula is C19H23NO2. The highest BCUT2D eigenvalue weighted by atomic mass is 16.5. The number of hydrogen-bond acceptors (Lipinski definition) is 3. The van der Waals surface area contributed by atoms with Gasteiger partial charge in [-0.2, -0.15) is 0 Å². The number of ether oxygens (including phenoxy) is 2. The van der Waals surface area contributed by atoms with Gasteiger partial charge in [0.2, 0.25) is 0 Å². The molecule has 22 heavy (non-hydrogen) atoms. The molecule has 0 saturated heterocycles. The number of para-hydroxylation sites is 3. The van der Waals surface area contributed by atoms with Gasteiger partial charge in [0.1, 0.15) is 11.9 Å². The largest absolute Gasteiger partial charge is 0.482 e. The van der Waals surface area contributed by atoms with Crippen LogP contribution in [0.25, 0.3) is 0 Å². The standard InChI is InChI=1S/C19H23NO2/c1-3-20(4-2)14-13-17-15-9-5-6-10-16(15)21-18-11-7-8-12-19(18)22-17/h5-12,17H,3-4,13-14H2,1-2H3. The molecule has 0 radical (unpaired) electrons. The van der Waals surface area contributed by atoms with Crippen LogP contribution in [0.1, 0.15) is 31.9 Å². The van der Waals surface area contributed by atoms with E-state index in [1.807, 2.05) is 42.5 Å². The van der Waals surface area contributed by atoms with Gasteiger partial charge in [-0.15, -0.1) is 0 Å². The van der Waals surface area contributed by atoms with E-state index in [1.54, 1.807) is 0 Å². The lowest BCUT2D eigenvalue weighted by molar-refractivity contribution is 0.170. The lowest BCUT2D eigenvalue weighted by atomic mass is 10.0. The molecule has 1 aliphatic heterocycles. The van der Waals surface area contributed by atoms with Crippen LogP contribution < -0.4 is 9.47 Å². The molecule has 3 nitrogen and oxygen atoms in total. The highest BCUT2D eigenvalue weighted by Crippen LogP contribution is 2.42. The predicted octanol–water partition coefficient (Wildman–Crippen LogP) is 4.64. The van der Waals surface area contributed by atoms with E-state index < -0.39 is 0 Å². The van der Waals surface area contributed by atoms with Crippen molar-refractivity contribution in [3.05, 3.63) is 54.1 Å². The van der Waals surface area contributed by atoms with Crippen LogP contribution in [0.2, 0.25) is 0 Å². The van der Waals surface area contributed by atoms with E-state index in [4.69, 9.17) is 9.47 Å². The number of rotatable bonds is 5. The Morgan fingerprint density at radius 3 is 2.23 bits per heavy atom. The summed E-state index contributed by atoms with van der Waals surface area (Å²) in [4.78, 5) is 2.42. The van der Waals surface area contributed by atoms with Crippen LogP contribution in [0.5, 0.6) is 17.2 Å². The van der Waals surface area contributed by atoms with Gasteiger partial charge in [-0.05, 0) is 31.3 Å². The maximum absolute atomic E-state index is 6.27. The van der Waals surface area contributed by atoms with Gasteiger partial charge in [0.15, 0.2) is 11.5 Å². The van der Waals surface area contributed by atoms with Gasteiger partial charge in [0.05, 0.1) is 0 Å². The molecule has 0 aliphatic carbocycles. The Morgan fingerprint density at radius 2 is 1.50 bits per heavy atom. The van der Waals surface area contributed by atoms with Crippen molar-refractivity contribution in [1.29, 1.82) is 0 Å². The van der Waals surface area contributed by atoms with Crippen molar-refractivity contribution in [3.8, 4) is 17.2 Å². The minimum absolute atomic E-state index is 0.0282. The summed E-state index contributed by atoms with van der Waals surface area (Å²) >= 11 is 0. The first-order valence-electron chi connectivity index (χ1n) is 8.06. The summed E-state index contributed by atoms with van der Waals surface area (Å²) in [5.74, 6) is 2.51. The molecule has 1 heterocycles. The zero-order valence-corrected chi connectivity index (χ0v) is 13.3. The maximum Gasteiger partial charge on any atom is 0.169 e. The van der Waals surface area contributed by atoms with Gasteiger partial charge in [0.25, 0.3) is 0 Å². The van der Waals surface area contributed by atoms with Gasteiger partial charge in [0, 0.05) is 18.5 Å². The molecule has 0 spiro atoms. The molecule has 1 atom stereocenters. The molecule has 0 amide bonds. The van der Waals surface area contributed by atoms with Crippen molar-refractivity contribution in [3.63, 3.8) is 0 Å². The first-order valence-corrected chi connectivity index (χ1v) is 8.06. The molecule has 0 fully saturated rings. The van der Waals surface area contributed by atoms with Crippen molar-refractivity contribution >= 4 is 0 Å². The summed E-state index contributed by atoms with van der Waals surface area (Å²) in [7, 11) is 0. The average Bonchev–Trinajstić information content (AvgIpc) is 2.72. The topological polar surface area (TPSA) is 21.7 Å². The van der Waals surface area contributed by atoms with E-state index in [1.165, 1.54) is 0 Å². The molecule has 2 aromatic rings. The fourth-order valence-corrected chi connectivity index (χ4v) is 2.86. The minimum Gasteiger partial charge on any atom is -0.482 e. The summed E-state index contributed by atoms with van der Waals surface area (Å²) in [6.07, 6.45) is 0.983. The van der Waals surface area contributed by atoms with Gasteiger partial charge in [-0.3, -0.25) is 0 Å². The minimum atomic E-state index is 0.0282. The Hall–Kier alpha value is -2.00. The number of benzene rings is 2. The molecule has 0 saturated carbocycles. The normalized spacial score (nSPS) is 16.2. The molecule has 1 aliphatic rings. The summed E-state index contributed by atoms with van der Waals surface area (Å²) in [6.45, 7) is 7.55. The quantitative estimate of drug-likeness (QED) is 0.802. The molecule has 1 unspecified atom stereocenters. The lowest BCUT2D eigenvalue weighted by Gasteiger charge is -2.23. The fourth-order valence-electron chi connectivity index (χ4n) is 2.86. The van der Waals surface area contributed by atoms with Crippen LogP contribution in [-0.4, -0.2) is 24.5 Å². The summed E-state index contributed by atoms with van der Waals surface area (Å²) < 4.78 is 12.3. The Labute approximate surface area is 132 Å². The van der Waals surface area contributed by atoms with Crippen molar-refractivity contribution in [2.24, 2.45) is 0 Å². The Morgan fingerprint density at radius 1 is 0.864 bits per heavy atom. The van der Waals surface area contributed by atoms with Crippen LogP contribution in [-0.2, 0) is 0 Å². The van der Waals surface area contributed by atoms with Crippen molar-refractivity contribution in [2.75, 3.05) is 19.6 Å². The molecule has 0 N–H and O–H groups in total. The van der Waals surface area contributed by atoms with Crippen LogP contribution >= 0.6 is 0 Å². The Balaban J connectivity index is 1.88.